The number of hydrogen-bond donors (Lipinski definition) is 0. The average Bonchev–Trinajstić information content (AvgIpc) is 3.48. The average molecular weight is 451 g/mol. The molecule has 162 valence electrons. The Morgan fingerprint density at radius 2 is 1.36 bits per heavy atom. The minimum Gasteiger partial charge on any atom is -0.237 e. The van der Waals surface area contributed by atoms with Gasteiger partial charge in [0, 0.05) is 11.1 Å². The number of benzene rings is 3. The lowest BCUT2D eigenvalue weighted by Gasteiger charge is -2.04. The standard InChI is InChI=1S/C26H22N6S/c1-19(24-18-27-31(20(24)2)22-14-8-4-9-15-22)28-29-26-32(23-16-10-5-11-17-23)30-25(33-26)21-12-6-3-7-13-21/h3-18H,1-2H3. The van der Waals surface area contributed by atoms with Gasteiger partial charge in [0.2, 0.25) is 4.80 Å². The van der Waals surface area contributed by atoms with E-state index in [2.05, 4.69) is 15.3 Å². The summed E-state index contributed by atoms with van der Waals surface area (Å²) in [5.41, 5.74) is 5.78. The Balaban J connectivity index is 1.56. The van der Waals surface area contributed by atoms with Crippen LogP contribution in [0.3, 0.4) is 0 Å². The van der Waals surface area contributed by atoms with Crippen LogP contribution in [0.1, 0.15) is 18.2 Å². The molecule has 7 heteroatoms. The van der Waals surface area contributed by atoms with Gasteiger partial charge in [-0.2, -0.15) is 15.3 Å². The third-order valence-corrected chi connectivity index (χ3v) is 6.22. The van der Waals surface area contributed by atoms with Gasteiger partial charge in [-0.1, -0.05) is 78.1 Å². The van der Waals surface area contributed by atoms with E-state index in [1.165, 1.54) is 11.3 Å². The number of rotatable bonds is 5. The molecule has 0 amide bonds. The van der Waals surface area contributed by atoms with E-state index >= 15 is 0 Å². The second-order valence-electron chi connectivity index (χ2n) is 7.48. The Bertz CT molecular complexity index is 1460. The molecular formula is C26H22N6S. The number of nitrogens with zero attached hydrogens (tertiary/aromatic N) is 6. The van der Waals surface area contributed by atoms with Crippen LogP contribution in [-0.4, -0.2) is 25.3 Å². The van der Waals surface area contributed by atoms with Gasteiger partial charge < -0.3 is 0 Å². The van der Waals surface area contributed by atoms with E-state index in [9.17, 15) is 0 Å². The zero-order valence-electron chi connectivity index (χ0n) is 18.3. The summed E-state index contributed by atoms with van der Waals surface area (Å²) in [6, 6.07) is 30.2. The van der Waals surface area contributed by atoms with Crippen molar-refractivity contribution in [3.05, 3.63) is 113 Å². The maximum atomic E-state index is 4.82. The molecule has 0 aliphatic carbocycles. The van der Waals surface area contributed by atoms with Gasteiger partial charge in [-0.15, -0.1) is 5.10 Å². The first-order chi connectivity index (χ1) is 16.2. The van der Waals surface area contributed by atoms with Crippen LogP contribution < -0.4 is 4.80 Å². The molecular weight excluding hydrogens is 428 g/mol. The van der Waals surface area contributed by atoms with E-state index in [4.69, 9.17) is 5.10 Å². The molecule has 3 aromatic carbocycles. The molecule has 2 heterocycles. The van der Waals surface area contributed by atoms with E-state index in [0.717, 1.165) is 38.9 Å². The van der Waals surface area contributed by atoms with Crippen molar-refractivity contribution in [3.63, 3.8) is 0 Å². The fraction of sp³-hybridized carbons (Fsp3) is 0.0769. The Labute approximate surface area is 195 Å². The van der Waals surface area contributed by atoms with E-state index in [1.807, 2.05) is 120 Å². The third-order valence-electron chi connectivity index (χ3n) is 5.27. The van der Waals surface area contributed by atoms with Crippen molar-refractivity contribution in [3.8, 4) is 21.9 Å². The van der Waals surface area contributed by atoms with Gasteiger partial charge >= 0.3 is 0 Å². The predicted molar refractivity (Wildman–Crippen MR) is 133 cm³/mol. The third kappa shape index (κ3) is 4.31. The minimum absolute atomic E-state index is 0.701. The molecule has 5 rings (SSSR count). The number of aromatic nitrogens is 4. The molecule has 2 aromatic heterocycles. The van der Waals surface area contributed by atoms with Crippen molar-refractivity contribution in [1.82, 2.24) is 19.6 Å². The summed E-state index contributed by atoms with van der Waals surface area (Å²) in [4.78, 5) is 0.701. The summed E-state index contributed by atoms with van der Waals surface area (Å²) in [5.74, 6) is 0. The molecule has 0 saturated heterocycles. The molecule has 33 heavy (non-hydrogen) atoms. The Morgan fingerprint density at radius 1 is 0.788 bits per heavy atom. The molecule has 0 aliphatic heterocycles. The van der Waals surface area contributed by atoms with Crippen LogP contribution in [0.5, 0.6) is 0 Å². The summed E-state index contributed by atoms with van der Waals surface area (Å²) in [7, 11) is 0. The molecule has 0 bridgehead atoms. The molecule has 0 radical (unpaired) electrons. The highest BCUT2D eigenvalue weighted by atomic mass is 32.1. The largest absolute Gasteiger partial charge is 0.237 e. The fourth-order valence-corrected chi connectivity index (χ4v) is 4.41. The molecule has 6 nitrogen and oxygen atoms in total. The topological polar surface area (TPSA) is 60.4 Å². The molecule has 0 atom stereocenters. The first-order valence-corrected chi connectivity index (χ1v) is 11.4. The highest BCUT2D eigenvalue weighted by Gasteiger charge is 2.12. The summed E-state index contributed by atoms with van der Waals surface area (Å²) >= 11 is 1.51. The van der Waals surface area contributed by atoms with Crippen LogP contribution in [0.15, 0.2) is 107 Å². The van der Waals surface area contributed by atoms with Gasteiger partial charge in [-0.05, 0) is 38.1 Å². The molecule has 0 saturated carbocycles. The monoisotopic (exact) mass is 450 g/mol. The zero-order valence-corrected chi connectivity index (χ0v) is 19.1. The van der Waals surface area contributed by atoms with Gasteiger partial charge in [0.05, 0.1) is 29.0 Å². The van der Waals surface area contributed by atoms with E-state index in [1.54, 1.807) is 0 Å². The Morgan fingerprint density at radius 3 is 2.00 bits per heavy atom. The number of para-hydroxylation sites is 2. The first-order valence-electron chi connectivity index (χ1n) is 10.6. The van der Waals surface area contributed by atoms with E-state index in [-0.39, 0.29) is 0 Å². The highest BCUT2D eigenvalue weighted by Crippen LogP contribution is 2.20. The smallest absolute Gasteiger partial charge is 0.233 e. The normalized spacial score (nSPS) is 12.3. The van der Waals surface area contributed by atoms with Crippen LogP contribution in [0, 0.1) is 6.92 Å². The van der Waals surface area contributed by atoms with Crippen LogP contribution >= 0.6 is 11.3 Å². The Hall–Kier alpha value is -4.10. The maximum absolute atomic E-state index is 4.82. The quantitative estimate of drug-likeness (QED) is 0.265. The predicted octanol–water partition coefficient (Wildman–Crippen LogP) is 5.42. The van der Waals surface area contributed by atoms with Gasteiger partial charge in [-0.3, -0.25) is 0 Å². The van der Waals surface area contributed by atoms with Crippen molar-refractivity contribution in [1.29, 1.82) is 0 Å². The van der Waals surface area contributed by atoms with E-state index < -0.39 is 0 Å². The fourth-order valence-electron chi connectivity index (χ4n) is 3.55. The molecule has 0 N–H and O–H groups in total. The van der Waals surface area contributed by atoms with E-state index in [0.29, 0.717) is 4.80 Å². The molecule has 0 fully saturated rings. The second-order valence-corrected chi connectivity index (χ2v) is 8.44. The van der Waals surface area contributed by atoms with Crippen molar-refractivity contribution in [2.24, 2.45) is 10.2 Å². The van der Waals surface area contributed by atoms with Crippen LogP contribution in [-0.2, 0) is 0 Å². The highest BCUT2D eigenvalue weighted by molar-refractivity contribution is 7.12. The molecule has 0 aliphatic rings. The second kappa shape index (κ2) is 9.18. The molecule has 0 spiro atoms. The molecule has 5 aromatic rings. The lowest BCUT2D eigenvalue weighted by atomic mass is 10.2. The van der Waals surface area contributed by atoms with Gasteiger partial charge in [0.1, 0.15) is 5.01 Å². The minimum atomic E-state index is 0.701. The number of hydrogen-bond acceptors (Lipinski definition) is 5. The summed E-state index contributed by atoms with van der Waals surface area (Å²) in [6.07, 6.45) is 1.84. The van der Waals surface area contributed by atoms with Gasteiger partial charge in [-0.25, -0.2) is 9.36 Å². The Kier molecular flexibility index (Phi) is 5.78. The van der Waals surface area contributed by atoms with Crippen LogP contribution in [0.4, 0.5) is 0 Å². The van der Waals surface area contributed by atoms with Crippen molar-refractivity contribution in [2.75, 3.05) is 0 Å². The van der Waals surface area contributed by atoms with Crippen molar-refractivity contribution >= 4 is 17.0 Å². The lowest BCUT2D eigenvalue weighted by Crippen LogP contribution is -2.14. The van der Waals surface area contributed by atoms with Gasteiger partial charge in [0.15, 0.2) is 0 Å². The lowest BCUT2D eigenvalue weighted by molar-refractivity contribution is 0.823. The maximum Gasteiger partial charge on any atom is 0.233 e. The van der Waals surface area contributed by atoms with Gasteiger partial charge in [0.25, 0.3) is 0 Å². The summed E-state index contributed by atoms with van der Waals surface area (Å²) in [6.45, 7) is 3.99. The zero-order chi connectivity index (χ0) is 22.6. The van der Waals surface area contributed by atoms with Crippen LogP contribution in [0.25, 0.3) is 21.9 Å². The first kappa shape index (κ1) is 20.8. The molecule has 0 unspecified atom stereocenters. The van der Waals surface area contributed by atoms with Crippen molar-refractivity contribution < 1.29 is 0 Å². The van der Waals surface area contributed by atoms with Crippen molar-refractivity contribution in [2.45, 2.75) is 13.8 Å². The SMILES string of the molecule is CC(=NN=c1sc(-c2ccccc2)nn1-c1ccccc1)c1cnn(-c2ccccc2)c1C. The summed E-state index contributed by atoms with van der Waals surface area (Å²) < 4.78 is 3.75. The summed E-state index contributed by atoms with van der Waals surface area (Å²) in [5, 5.41) is 19.4. The van der Waals surface area contributed by atoms with Crippen LogP contribution in [0.2, 0.25) is 0 Å².